The Kier molecular flexibility index (Phi) is 5.85. The summed E-state index contributed by atoms with van der Waals surface area (Å²) in [4.78, 5) is 17.4. The Morgan fingerprint density at radius 2 is 1.80 bits per heavy atom. The second-order valence-electron chi connectivity index (χ2n) is 6.81. The minimum atomic E-state index is 0.196. The maximum Gasteiger partial charge on any atom is 0.226 e. The van der Waals surface area contributed by atoms with Crippen LogP contribution < -0.4 is 0 Å². The molecule has 4 heteroatoms. The molecule has 0 atom stereocenters. The summed E-state index contributed by atoms with van der Waals surface area (Å²) in [5.74, 6) is 1.12. The molecule has 2 saturated heterocycles. The Bertz CT molecular complexity index is 306. The first kappa shape index (κ1) is 15.8. The highest BCUT2D eigenvalue weighted by molar-refractivity contribution is 5.79. The lowest BCUT2D eigenvalue weighted by atomic mass is 9.95. The van der Waals surface area contributed by atoms with Crippen molar-refractivity contribution in [3.63, 3.8) is 0 Å². The van der Waals surface area contributed by atoms with Gasteiger partial charge in [0.05, 0.1) is 0 Å². The normalized spacial score (nSPS) is 23.2. The van der Waals surface area contributed by atoms with Gasteiger partial charge >= 0.3 is 0 Å². The number of likely N-dealkylation sites (tertiary alicyclic amines) is 1. The average molecular weight is 282 g/mol. The molecule has 0 aromatic carbocycles. The Hall–Kier alpha value is -0.610. The third-order valence-electron chi connectivity index (χ3n) is 4.54. The van der Waals surface area contributed by atoms with E-state index in [0.717, 1.165) is 58.5 Å². The molecule has 20 heavy (non-hydrogen) atoms. The van der Waals surface area contributed by atoms with E-state index >= 15 is 0 Å². The maximum absolute atomic E-state index is 12.9. The Morgan fingerprint density at radius 3 is 2.35 bits per heavy atom. The molecule has 116 valence electrons. The van der Waals surface area contributed by atoms with E-state index in [1.807, 2.05) is 0 Å². The molecule has 2 fully saturated rings. The molecule has 0 N–H and O–H groups in total. The smallest absolute Gasteiger partial charge is 0.226 e. The Morgan fingerprint density at radius 1 is 1.20 bits per heavy atom. The molecule has 4 nitrogen and oxygen atoms in total. The number of carbonyl (C=O) groups is 1. The standard InChI is InChI=1S/C16H30N2O2/c1-13(2)12-18(15-4-8-17(3)9-5-15)16(19)14-6-10-20-11-7-14/h13-15H,4-12H2,1-3H3. The zero-order chi connectivity index (χ0) is 14.5. The summed E-state index contributed by atoms with van der Waals surface area (Å²) in [5, 5.41) is 0. The van der Waals surface area contributed by atoms with Gasteiger partial charge in [0.25, 0.3) is 0 Å². The van der Waals surface area contributed by atoms with E-state index in [2.05, 4.69) is 30.7 Å². The number of hydrogen-bond acceptors (Lipinski definition) is 3. The molecule has 0 radical (unpaired) electrons. The molecule has 2 heterocycles. The number of ether oxygens (including phenoxy) is 1. The van der Waals surface area contributed by atoms with Crippen molar-refractivity contribution in [1.29, 1.82) is 0 Å². The molecule has 0 spiro atoms. The van der Waals surface area contributed by atoms with Crippen molar-refractivity contribution in [3.8, 4) is 0 Å². The molecule has 0 unspecified atom stereocenters. The van der Waals surface area contributed by atoms with Gasteiger partial charge in [-0.15, -0.1) is 0 Å². The van der Waals surface area contributed by atoms with E-state index in [-0.39, 0.29) is 5.92 Å². The van der Waals surface area contributed by atoms with E-state index < -0.39 is 0 Å². The van der Waals surface area contributed by atoms with Crippen molar-refractivity contribution in [2.75, 3.05) is 39.9 Å². The van der Waals surface area contributed by atoms with Gasteiger partial charge in [0.1, 0.15) is 0 Å². The fraction of sp³-hybridized carbons (Fsp3) is 0.938. The minimum Gasteiger partial charge on any atom is -0.381 e. The van der Waals surface area contributed by atoms with Crippen LogP contribution in [-0.2, 0) is 9.53 Å². The van der Waals surface area contributed by atoms with Gasteiger partial charge in [0, 0.05) is 31.7 Å². The number of carbonyl (C=O) groups excluding carboxylic acids is 1. The van der Waals surface area contributed by atoms with E-state index in [1.165, 1.54) is 0 Å². The van der Waals surface area contributed by atoms with Crippen LogP contribution in [0.2, 0.25) is 0 Å². The highest BCUT2D eigenvalue weighted by atomic mass is 16.5. The Labute approximate surface area is 123 Å². The number of amides is 1. The van der Waals surface area contributed by atoms with Gasteiger partial charge in [0.15, 0.2) is 0 Å². The lowest BCUT2D eigenvalue weighted by molar-refractivity contribution is -0.142. The lowest BCUT2D eigenvalue weighted by Crippen LogP contribution is -2.50. The SMILES string of the molecule is CC(C)CN(C(=O)C1CCOCC1)C1CCN(C)CC1. The van der Waals surface area contributed by atoms with Gasteiger partial charge in [-0.25, -0.2) is 0 Å². The highest BCUT2D eigenvalue weighted by Gasteiger charge is 2.32. The fourth-order valence-corrected chi connectivity index (χ4v) is 3.30. The predicted molar refractivity (Wildman–Crippen MR) is 80.6 cm³/mol. The van der Waals surface area contributed by atoms with E-state index in [4.69, 9.17) is 4.74 Å². The predicted octanol–water partition coefficient (Wildman–Crippen LogP) is 1.99. The Balaban J connectivity index is 2.00. The fourth-order valence-electron chi connectivity index (χ4n) is 3.30. The van der Waals surface area contributed by atoms with Gasteiger partial charge in [-0.1, -0.05) is 13.8 Å². The molecule has 2 rings (SSSR count). The maximum atomic E-state index is 12.9. The number of hydrogen-bond donors (Lipinski definition) is 0. The number of nitrogens with zero attached hydrogens (tertiary/aromatic N) is 2. The first-order chi connectivity index (χ1) is 9.58. The van der Waals surface area contributed by atoms with Crippen molar-refractivity contribution in [2.24, 2.45) is 11.8 Å². The third kappa shape index (κ3) is 4.19. The van der Waals surface area contributed by atoms with Gasteiger partial charge in [0.2, 0.25) is 5.91 Å². The third-order valence-corrected chi connectivity index (χ3v) is 4.54. The summed E-state index contributed by atoms with van der Waals surface area (Å²) in [7, 11) is 2.17. The van der Waals surface area contributed by atoms with Crippen LogP contribution in [0.1, 0.15) is 39.5 Å². The van der Waals surface area contributed by atoms with Crippen LogP contribution in [0, 0.1) is 11.8 Å². The quantitative estimate of drug-likeness (QED) is 0.790. The molecule has 0 bridgehead atoms. The summed E-state index contributed by atoms with van der Waals surface area (Å²) in [5.41, 5.74) is 0. The molecular weight excluding hydrogens is 252 g/mol. The number of rotatable bonds is 4. The largest absolute Gasteiger partial charge is 0.381 e. The van der Waals surface area contributed by atoms with Gasteiger partial charge in [-0.2, -0.15) is 0 Å². The van der Waals surface area contributed by atoms with Gasteiger partial charge < -0.3 is 14.5 Å². The van der Waals surface area contributed by atoms with Crippen molar-refractivity contribution >= 4 is 5.91 Å². The van der Waals surface area contributed by atoms with E-state index in [9.17, 15) is 4.79 Å². The van der Waals surface area contributed by atoms with Crippen molar-refractivity contribution in [3.05, 3.63) is 0 Å². The second-order valence-corrected chi connectivity index (χ2v) is 6.81. The monoisotopic (exact) mass is 282 g/mol. The summed E-state index contributed by atoms with van der Waals surface area (Å²) in [6.45, 7) is 9.04. The van der Waals surface area contributed by atoms with E-state index in [1.54, 1.807) is 0 Å². The molecule has 0 saturated carbocycles. The van der Waals surface area contributed by atoms with Crippen LogP contribution >= 0.6 is 0 Å². The van der Waals surface area contributed by atoms with Crippen LogP contribution in [0.3, 0.4) is 0 Å². The summed E-state index contributed by atoms with van der Waals surface area (Å²) in [6, 6.07) is 0.448. The zero-order valence-electron chi connectivity index (χ0n) is 13.3. The summed E-state index contributed by atoms with van der Waals surface area (Å²) < 4.78 is 5.39. The molecular formula is C16H30N2O2. The van der Waals surface area contributed by atoms with Crippen molar-refractivity contribution in [2.45, 2.75) is 45.6 Å². The molecule has 0 aromatic rings. The van der Waals surface area contributed by atoms with Crippen LogP contribution in [0.15, 0.2) is 0 Å². The summed E-state index contributed by atoms with van der Waals surface area (Å²) in [6.07, 6.45) is 4.05. The average Bonchev–Trinajstić information content (AvgIpc) is 2.46. The van der Waals surface area contributed by atoms with Gasteiger partial charge in [-0.05, 0) is 51.7 Å². The first-order valence-electron chi connectivity index (χ1n) is 8.14. The van der Waals surface area contributed by atoms with Gasteiger partial charge in [-0.3, -0.25) is 4.79 Å². The van der Waals surface area contributed by atoms with Crippen LogP contribution in [-0.4, -0.2) is 61.6 Å². The zero-order valence-corrected chi connectivity index (χ0v) is 13.3. The minimum absolute atomic E-state index is 0.196. The molecule has 2 aliphatic rings. The molecule has 0 aromatic heterocycles. The molecule has 2 aliphatic heterocycles. The van der Waals surface area contributed by atoms with Crippen molar-refractivity contribution < 1.29 is 9.53 Å². The van der Waals surface area contributed by atoms with Crippen LogP contribution in [0.4, 0.5) is 0 Å². The van der Waals surface area contributed by atoms with Crippen LogP contribution in [0.5, 0.6) is 0 Å². The number of piperidine rings is 1. The lowest BCUT2D eigenvalue weighted by Gasteiger charge is -2.40. The first-order valence-corrected chi connectivity index (χ1v) is 8.14. The summed E-state index contributed by atoms with van der Waals surface area (Å²) >= 11 is 0. The highest BCUT2D eigenvalue weighted by Crippen LogP contribution is 2.23. The van der Waals surface area contributed by atoms with E-state index in [0.29, 0.717) is 17.9 Å². The van der Waals surface area contributed by atoms with Crippen LogP contribution in [0.25, 0.3) is 0 Å². The second kappa shape index (κ2) is 7.41. The topological polar surface area (TPSA) is 32.8 Å². The molecule has 0 aliphatic carbocycles. The van der Waals surface area contributed by atoms with Crippen molar-refractivity contribution in [1.82, 2.24) is 9.80 Å². The molecule has 1 amide bonds.